The molecule has 0 aromatic carbocycles. The van der Waals surface area contributed by atoms with Gasteiger partial charge in [-0.2, -0.15) is 0 Å². The quantitative estimate of drug-likeness (QED) is 0.628. The van der Waals surface area contributed by atoms with E-state index >= 15 is 0 Å². The summed E-state index contributed by atoms with van der Waals surface area (Å²) >= 11 is 0. The van der Waals surface area contributed by atoms with Gasteiger partial charge in [-0.05, 0) is 51.4 Å². The van der Waals surface area contributed by atoms with E-state index in [1.165, 1.54) is 51.4 Å². The minimum Gasteiger partial charge on any atom is -0.235 e. The van der Waals surface area contributed by atoms with E-state index in [0.29, 0.717) is 0 Å². The first-order valence-corrected chi connectivity index (χ1v) is 6.50. The average Bonchev–Trinajstić information content (AvgIpc) is 2.92. The standard InChI is InChI=1S/C12H20N2/c1-2-10-4-3-9(1)13(10)14-11-5-6-12(14)8-7-11/h9-12H,1-8H2. The summed E-state index contributed by atoms with van der Waals surface area (Å²) in [6.07, 6.45) is 11.9. The number of hydrogen-bond acceptors (Lipinski definition) is 2. The largest absolute Gasteiger partial charge is 0.235 e. The van der Waals surface area contributed by atoms with Crippen LogP contribution in [-0.2, 0) is 0 Å². The highest BCUT2D eigenvalue weighted by molar-refractivity contribution is 5.01. The fourth-order valence-electron chi connectivity index (χ4n) is 4.53. The van der Waals surface area contributed by atoms with Crippen LogP contribution < -0.4 is 0 Å². The Morgan fingerprint density at radius 2 is 0.643 bits per heavy atom. The lowest BCUT2D eigenvalue weighted by Crippen LogP contribution is -2.48. The molecule has 4 aliphatic rings. The second kappa shape index (κ2) is 2.73. The second-order valence-electron chi connectivity index (χ2n) is 5.68. The molecule has 0 aliphatic carbocycles. The van der Waals surface area contributed by atoms with Crippen LogP contribution in [0.1, 0.15) is 51.4 Å². The molecule has 2 heteroatoms. The Balaban J connectivity index is 1.64. The van der Waals surface area contributed by atoms with Crippen molar-refractivity contribution >= 4 is 0 Å². The molecule has 0 unspecified atom stereocenters. The van der Waals surface area contributed by atoms with Crippen molar-refractivity contribution in [2.75, 3.05) is 0 Å². The molecule has 4 saturated heterocycles. The Hall–Kier alpha value is -0.0800. The Labute approximate surface area is 86.2 Å². The molecule has 0 radical (unpaired) electrons. The molecule has 4 aliphatic heterocycles. The topological polar surface area (TPSA) is 6.48 Å². The van der Waals surface area contributed by atoms with Crippen LogP contribution in [0.5, 0.6) is 0 Å². The molecule has 0 amide bonds. The Kier molecular flexibility index (Phi) is 1.58. The van der Waals surface area contributed by atoms with Crippen LogP contribution >= 0.6 is 0 Å². The van der Waals surface area contributed by atoms with Crippen LogP contribution in [0.3, 0.4) is 0 Å². The third-order valence-corrected chi connectivity index (χ3v) is 5.10. The summed E-state index contributed by atoms with van der Waals surface area (Å²) < 4.78 is 0. The van der Waals surface area contributed by atoms with E-state index in [1.54, 1.807) is 0 Å². The van der Waals surface area contributed by atoms with Gasteiger partial charge < -0.3 is 0 Å². The highest BCUT2D eigenvalue weighted by Crippen LogP contribution is 2.46. The zero-order valence-electron chi connectivity index (χ0n) is 8.86. The van der Waals surface area contributed by atoms with Crippen molar-refractivity contribution in [3.05, 3.63) is 0 Å². The van der Waals surface area contributed by atoms with E-state index in [1.807, 2.05) is 0 Å². The van der Waals surface area contributed by atoms with Crippen LogP contribution in [0.4, 0.5) is 0 Å². The minimum atomic E-state index is 0.946. The molecule has 0 aromatic heterocycles. The van der Waals surface area contributed by atoms with E-state index in [-0.39, 0.29) is 0 Å². The molecule has 14 heavy (non-hydrogen) atoms. The molecular formula is C12H20N2. The van der Waals surface area contributed by atoms with Crippen molar-refractivity contribution in [3.8, 4) is 0 Å². The number of hydrogen-bond donors (Lipinski definition) is 0. The van der Waals surface area contributed by atoms with E-state index in [0.717, 1.165) is 24.2 Å². The molecule has 78 valence electrons. The monoisotopic (exact) mass is 192 g/mol. The highest BCUT2D eigenvalue weighted by Gasteiger charge is 2.50. The molecule has 4 bridgehead atoms. The van der Waals surface area contributed by atoms with Crippen LogP contribution in [0, 0.1) is 0 Å². The maximum Gasteiger partial charge on any atom is 0.0250 e. The van der Waals surface area contributed by atoms with Gasteiger partial charge in [-0.3, -0.25) is 0 Å². The molecule has 4 heterocycles. The molecule has 2 nitrogen and oxygen atoms in total. The Morgan fingerprint density at radius 1 is 0.429 bits per heavy atom. The SMILES string of the molecule is C1CC2CCC1N2N1C2CCC1CC2. The minimum absolute atomic E-state index is 0.946. The van der Waals surface area contributed by atoms with Crippen LogP contribution in [0.25, 0.3) is 0 Å². The average molecular weight is 192 g/mol. The zero-order valence-corrected chi connectivity index (χ0v) is 8.86. The van der Waals surface area contributed by atoms with Gasteiger partial charge in [0.1, 0.15) is 0 Å². The summed E-state index contributed by atoms with van der Waals surface area (Å²) in [6.45, 7) is 0. The van der Waals surface area contributed by atoms with Crippen molar-refractivity contribution in [2.45, 2.75) is 75.5 Å². The number of rotatable bonds is 1. The molecule has 0 N–H and O–H groups in total. The lowest BCUT2D eigenvalue weighted by Gasteiger charge is -2.36. The highest BCUT2D eigenvalue weighted by atomic mass is 15.7. The van der Waals surface area contributed by atoms with Gasteiger partial charge in [0, 0.05) is 24.2 Å². The van der Waals surface area contributed by atoms with Crippen molar-refractivity contribution in [2.24, 2.45) is 0 Å². The van der Waals surface area contributed by atoms with E-state index in [2.05, 4.69) is 10.0 Å². The summed E-state index contributed by atoms with van der Waals surface area (Å²) in [5.74, 6) is 0. The first-order chi connectivity index (χ1) is 6.93. The summed E-state index contributed by atoms with van der Waals surface area (Å²) in [7, 11) is 0. The summed E-state index contributed by atoms with van der Waals surface area (Å²) in [4.78, 5) is 0. The van der Waals surface area contributed by atoms with Crippen molar-refractivity contribution in [1.82, 2.24) is 10.0 Å². The van der Waals surface area contributed by atoms with Gasteiger partial charge in [0.25, 0.3) is 0 Å². The maximum absolute atomic E-state index is 2.83. The first kappa shape index (κ1) is 8.12. The number of fused-ring (bicyclic) bond motifs is 5. The first-order valence-electron chi connectivity index (χ1n) is 6.50. The van der Waals surface area contributed by atoms with Crippen LogP contribution in [-0.4, -0.2) is 34.2 Å². The summed E-state index contributed by atoms with van der Waals surface area (Å²) in [6, 6.07) is 3.78. The molecule has 0 atom stereocenters. The fraction of sp³-hybridized carbons (Fsp3) is 1.00. The van der Waals surface area contributed by atoms with Gasteiger partial charge in [0.15, 0.2) is 0 Å². The molecular weight excluding hydrogens is 172 g/mol. The predicted molar refractivity (Wildman–Crippen MR) is 55.8 cm³/mol. The number of hydrazine groups is 1. The van der Waals surface area contributed by atoms with Crippen molar-refractivity contribution in [3.63, 3.8) is 0 Å². The van der Waals surface area contributed by atoms with Gasteiger partial charge in [-0.15, -0.1) is 0 Å². The van der Waals surface area contributed by atoms with Crippen molar-refractivity contribution < 1.29 is 0 Å². The summed E-state index contributed by atoms with van der Waals surface area (Å²) in [5, 5.41) is 5.66. The third-order valence-electron chi connectivity index (χ3n) is 5.10. The smallest absolute Gasteiger partial charge is 0.0250 e. The molecule has 4 rings (SSSR count). The molecule has 0 aromatic rings. The van der Waals surface area contributed by atoms with E-state index in [9.17, 15) is 0 Å². The normalized spacial score (nSPS) is 52.3. The third kappa shape index (κ3) is 0.892. The Morgan fingerprint density at radius 3 is 0.857 bits per heavy atom. The van der Waals surface area contributed by atoms with Gasteiger partial charge in [-0.1, -0.05) is 0 Å². The van der Waals surface area contributed by atoms with E-state index in [4.69, 9.17) is 0 Å². The lowest BCUT2D eigenvalue weighted by molar-refractivity contribution is -0.0575. The molecule has 0 spiro atoms. The number of nitrogens with zero attached hydrogens (tertiary/aromatic N) is 2. The molecule has 0 saturated carbocycles. The molecule has 4 fully saturated rings. The van der Waals surface area contributed by atoms with Crippen LogP contribution in [0.15, 0.2) is 0 Å². The van der Waals surface area contributed by atoms with Crippen molar-refractivity contribution in [1.29, 1.82) is 0 Å². The van der Waals surface area contributed by atoms with Gasteiger partial charge in [-0.25, -0.2) is 10.0 Å². The fourth-order valence-corrected chi connectivity index (χ4v) is 4.53. The zero-order chi connectivity index (χ0) is 9.12. The second-order valence-corrected chi connectivity index (χ2v) is 5.68. The Bertz CT molecular complexity index is 187. The van der Waals surface area contributed by atoms with E-state index < -0.39 is 0 Å². The van der Waals surface area contributed by atoms with Gasteiger partial charge in [0.05, 0.1) is 0 Å². The summed E-state index contributed by atoms with van der Waals surface area (Å²) in [5.41, 5.74) is 0. The van der Waals surface area contributed by atoms with Gasteiger partial charge in [0.2, 0.25) is 0 Å². The lowest BCUT2D eigenvalue weighted by atomic mass is 10.0. The maximum atomic E-state index is 2.83. The predicted octanol–water partition coefficient (Wildman–Crippen LogP) is 2.16. The van der Waals surface area contributed by atoms with Crippen LogP contribution in [0.2, 0.25) is 0 Å². The van der Waals surface area contributed by atoms with Gasteiger partial charge >= 0.3 is 0 Å².